The van der Waals surface area contributed by atoms with Crippen molar-refractivity contribution in [3.63, 3.8) is 0 Å². The van der Waals surface area contributed by atoms with Gasteiger partial charge in [0.15, 0.2) is 0 Å². The van der Waals surface area contributed by atoms with Gasteiger partial charge in [-0.25, -0.2) is 4.39 Å². The first-order valence-electron chi connectivity index (χ1n) is 15.3. The fourth-order valence-corrected chi connectivity index (χ4v) is 4.78. The Labute approximate surface area is 257 Å². The minimum absolute atomic E-state index is 0.0767. The van der Waals surface area contributed by atoms with Gasteiger partial charge < -0.3 is 26.0 Å². The maximum atomic E-state index is 13.7. The average Bonchev–Trinajstić information content (AvgIpc) is 2.95. The van der Waals surface area contributed by atoms with Crippen molar-refractivity contribution >= 4 is 11.8 Å². The van der Waals surface area contributed by atoms with Crippen LogP contribution in [0.5, 0.6) is 5.75 Å². The maximum Gasteiger partial charge on any atom is 0.243 e. The van der Waals surface area contributed by atoms with Crippen molar-refractivity contribution in [3.05, 3.63) is 83.5 Å². The van der Waals surface area contributed by atoms with E-state index in [2.05, 4.69) is 60.4 Å². The van der Waals surface area contributed by atoms with E-state index in [1.54, 1.807) is 13.1 Å². The van der Waals surface area contributed by atoms with E-state index in [1.165, 1.54) is 12.1 Å². The van der Waals surface area contributed by atoms with Crippen molar-refractivity contribution in [2.45, 2.75) is 66.5 Å². The van der Waals surface area contributed by atoms with Gasteiger partial charge in [-0.15, -0.1) is 5.73 Å². The Morgan fingerprint density at radius 2 is 1.65 bits per heavy atom. The number of rotatable bonds is 18. The maximum absolute atomic E-state index is 13.7. The van der Waals surface area contributed by atoms with Crippen LogP contribution < -0.4 is 26.0 Å². The number of hydrogen-bond donors (Lipinski definition) is 4. The summed E-state index contributed by atoms with van der Waals surface area (Å²) in [6, 6.07) is 13.1. The van der Waals surface area contributed by atoms with Crippen molar-refractivity contribution in [2.24, 2.45) is 23.7 Å². The molecule has 0 unspecified atom stereocenters. The summed E-state index contributed by atoms with van der Waals surface area (Å²) in [5.74, 6) is 0.472. The van der Waals surface area contributed by atoms with Crippen LogP contribution in [0.15, 0.2) is 66.5 Å². The molecule has 0 radical (unpaired) electrons. The molecule has 0 saturated carbocycles. The van der Waals surface area contributed by atoms with Gasteiger partial charge in [0.05, 0.1) is 12.3 Å². The largest absolute Gasteiger partial charge is 0.493 e. The molecule has 0 aromatic heterocycles. The number of halogens is 1. The molecule has 7 nitrogen and oxygen atoms in total. The highest BCUT2D eigenvalue weighted by atomic mass is 19.1. The van der Waals surface area contributed by atoms with E-state index in [-0.39, 0.29) is 41.9 Å². The second kappa shape index (κ2) is 18.1. The second-order valence-electron chi connectivity index (χ2n) is 12.2. The number of amides is 2. The van der Waals surface area contributed by atoms with E-state index >= 15 is 0 Å². The Kier molecular flexibility index (Phi) is 15.0. The molecule has 4 atom stereocenters. The fraction of sp³-hybridized carbons (Fsp3) is 0.514. The van der Waals surface area contributed by atoms with Crippen LogP contribution >= 0.6 is 0 Å². The number of carbonyl (C=O) groups is 2. The van der Waals surface area contributed by atoms with Crippen LogP contribution in [0.3, 0.4) is 0 Å². The predicted octanol–water partition coefficient (Wildman–Crippen LogP) is 5.02. The van der Waals surface area contributed by atoms with Gasteiger partial charge in [-0.2, -0.15) is 0 Å². The minimum atomic E-state index is -0.754. The number of carbonyl (C=O) groups excluding carboxylic acids is 2. The molecule has 0 aliphatic rings. The predicted molar refractivity (Wildman–Crippen MR) is 172 cm³/mol. The molecule has 2 amide bonds. The van der Waals surface area contributed by atoms with Gasteiger partial charge in [-0.3, -0.25) is 9.59 Å². The molecule has 0 bridgehead atoms. The number of likely N-dealkylation sites (N-methyl/N-ethyl adjacent to an activating group) is 1. The molecular weight excluding hydrogens is 543 g/mol. The number of para-hydroxylation sites is 1. The average molecular weight is 595 g/mol. The lowest BCUT2D eigenvalue weighted by atomic mass is 9.95. The Balaban J connectivity index is 2.01. The summed E-state index contributed by atoms with van der Waals surface area (Å²) in [5, 5.41) is 12.3. The third kappa shape index (κ3) is 12.3. The molecule has 0 fully saturated rings. The molecule has 0 spiro atoms. The molecule has 236 valence electrons. The summed E-state index contributed by atoms with van der Waals surface area (Å²) in [6.45, 7) is 17.4. The monoisotopic (exact) mass is 594 g/mol. The highest BCUT2D eigenvalue weighted by molar-refractivity contribution is 5.90. The van der Waals surface area contributed by atoms with Crippen LogP contribution in [0.2, 0.25) is 0 Å². The van der Waals surface area contributed by atoms with Gasteiger partial charge >= 0.3 is 0 Å². The van der Waals surface area contributed by atoms with Gasteiger partial charge in [-0.05, 0) is 67.0 Å². The lowest BCUT2D eigenvalue weighted by molar-refractivity contribution is -0.130. The number of allylic oxidation sites excluding steroid dienone is 1. The highest BCUT2D eigenvalue weighted by Crippen LogP contribution is 2.22. The lowest BCUT2D eigenvalue weighted by Crippen LogP contribution is -2.57. The summed E-state index contributed by atoms with van der Waals surface area (Å²) in [7, 11) is 1.74. The van der Waals surface area contributed by atoms with Gasteiger partial charge in [-0.1, -0.05) is 78.5 Å². The van der Waals surface area contributed by atoms with Crippen LogP contribution in [0.25, 0.3) is 0 Å². The lowest BCUT2D eigenvalue weighted by Gasteiger charge is -2.28. The SMILES string of the molecule is C=C=C(N[C@@H](C(=O)N[C@@H](CNC)C(=O)NC[C@@H](C)Cc1ccccc1OCC(C)C)C(C)C)[C@H](C)Cc1cccc(F)c1. The Hall–Kier alpha value is -3.61. The van der Waals surface area contributed by atoms with E-state index in [1.807, 2.05) is 45.0 Å². The first kappa shape index (κ1) is 35.6. The summed E-state index contributed by atoms with van der Waals surface area (Å²) in [4.78, 5) is 26.7. The molecular formula is C35H51FN4O3. The zero-order valence-electron chi connectivity index (χ0n) is 26.9. The smallest absolute Gasteiger partial charge is 0.243 e. The quantitative estimate of drug-likeness (QED) is 0.182. The minimum Gasteiger partial charge on any atom is -0.493 e. The molecule has 4 N–H and O–H groups in total. The zero-order valence-corrected chi connectivity index (χ0v) is 26.9. The Morgan fingerprint density at radius 3 is 2.28 bits per heavy atom. The molecule has 2 aromatic carbocycles. The normalized spacial score (nSPS) is 13.9. The highest BCUT2D eigenvalue weighted by Gasteiger charge is 2.29. The first-order chi connectivity index (χ1) is 20.4. The van der Waals surface area contributed by atoms with Crippen molar-refractivity contribution in [1.82, 2.24) is 21.3 Å². The Bertz CT molecular complexity index is 1230. The molecule has 43 heavy (non-hydrogen) atoms. The summed E-state index contributed by atoms with van der Waals surface area (Å²) in [5.41, 5.74) is 5.55. The van der Waals surface area contributed by atoms with E-state index in [9.17, 15) is 14.0 Å². The van der Waals surface area contributed by atoms with E-state index in [0.29, 0.717) is 31.2 Å². The fourth-order valence-electron chi connectivity index (χ4n) is 4.78. The standard InChI is InChI=1S/C35H51FN4O3/c1-9-30(26(7)18-27-13-12-15-29(36)19-27)39-33(24(4)5)35(42)40-31(21-37-8)34(41)38-20-25(6)17-28-14-10-11-16-32(28)43-22-23(2)3/h10-16,19,23-26,31,33,37,39H,1,17-18,20-22H2,2-8H3,(H,38,41)(H,40,42)/t25-,26+,31-,33+/m0/s1. The number of hydrogen-bond acceptors (Lipinski definition) is 5. The van der Waals surface area contributed by atoms with Crippen molar-refractivity contribution in [3.8, 4) is 5.75 Å². The number of benzene rings is 2. The third-order valence-electron chi connectivity index (χ3n) is 7.15. The Morgan fingerprint density at radius 1 is 0.930 bits per heavy atom. The van der Waals surface area contributed by atoms with E-state index in [0.717, 1.165) is 23.3 Å². The summed E-state index contributed by atoms with van der Waals surface area (Å²) < 4.78 is 19.7. The number of ether oxygens (including phenoxy) is 1. The third-order valence-corrected chi connectivity index (χ3v) is 7.15. The molecule has 2 rings (SSSR count). The molecule has 0 aliphatic carbocycles. The van der Waals surface area contributed by atoms with Gasteiger partial charge in [0.1, 0.15) is 23.7 Å². The van der Waals surface area contributed by atoms with Gasteiger partial charge in [0.25, 0.3) is 0 Å². The molecule has 0 aliphatic heterocycles. The molecule has 0 heterocycles. The van der Waals surface area contributed by atoms with Crippen LogP contribution in [0.1, 0.15) is 52.7 Å². The summed E-state index contributed by atoms with van der Waals surface area (Å²) in [6.07, 6.45) is 1.31. The van der Waals surface area contributed by atoms with E-state index in [4.69, 9.17) is 4.74 Å². The van der Waals surface area contributed by atoms with Crippen LogP contribution in [-0.2, 0) is 22.4 Å². The molecule has 8 heteroatoms. The topological polar surface area (TPSA) is 91.5 Å². The zero-order chi connectivity index (χ0) is 31.9. The van der Waals surface area contributed by atoms with Crippen LogP contribution in [-0.4, -0.2) is 50.6 Å². The van der Waals surface area contributed by atoms with Crippen LogP contribution in [0, 0.1) is 29.5 Å². The van der Waals surface area contributed by atoms with Gasteiger partial charge in [0, 0.05) is 19.0 Å². The van der Waals surface area contributed by atoms with Crippen molar-refractivity contribution in [2.75, 3.05) is 26.7 Å². The van der Waals surface area contributed by atoms with Crippen molar-refractivity contribution in [1.29, 1.82) is 0 Å². The van der Waals surface area contributed by atoms with Gasteiger partial charge in [0.2, 0.25) is 11.8 Å². The summed E-state index contributed by atoms with van der Waals surface area (Å²) >= 11 is 0. The van der Waals surface area contributed by atoms with E-state index < -0.39 is 12.1 Å². The second-order valence-corrected chi connectivity index (χ2v) is 12.2. The first-order valence-corrected chi connectivity index (χ1v) is 15.3. The molecule has 0 saturated heterocycles. The van der Waals surface area contributed by atoms with Crippen LogP contribution in [0.4, 0.5) is 4.39 Å². The molecule has 2 aromatic rings. The number of nitrogens with one attached hydrogen (secondary N) is 4. The van der Waals surface area contributed by atoms with Crippen molar-refractivity contribution < 1.29 is 18.7 Å².